The maximum atomic E-state index is 11.5. The molecule has 1 aromatic rings. The molecule has 0 fully saturated rings. The van der Waals surface area contributed by atoms with Gasteiger partial charge in [-0.25, -0.2) is 4.79 Å². The first kappa shape index (κ1) is 18.0. The quantitative estimate of drug-likeness (QED) is 0.537. The number of carbonyl (C=O) groups is 2. The summed E-state index contributed by atoms with van der Waals surface area (Å²) >= 11 is 0. The van der Waals surface area contributed by atoms with E-state index >= 15 is 0 Å². The zero-order valence-corrected chi connectivity index (χ0v) is 12.9. The molecule has 0 spiro atoms. The minimum absolute atomic E-state index is 0.250. The Kier molecular flexibility index (Phi) is 8.67. The highest BCUT2D eigenvalue weighted by molar-refractivity contribution is 5.75. The molecule has 6 heteroatoms. The monoisotopic (exact) mass is 308 g/mol. The lowest BCUT2D eigenvalue weighted by molar-refractivity contribution is -0.144. The lowest BCUT2D eigenvalue weighted by Gasteiger charge is -2.10. The number of hydrogen-bond donors (Lipinski definition) is 2. The molecule has 0 saturated heterocycles. The predicted molar refractivity (Wildman–Crippen MR) is 83.1 cm³/mol. The molecule has 0 radical (unpaired) electrons. The molecule has 6 nitrogen and oxygen atoms in total. The largest absolute Gasteiger partial charge is 0.465 e. The Morgan fingerprint density at radius 3 is 2.59 bits per heavy atom. The van der Waals surface area contributed by atoms with Crippen LogP contribution in [0, 0.1) is 0 Å². The van der Waals surface area contributed by atoms with E-state index in [0.717, 1.165) is 18.4 Å². The molecule has 1 amide bonds. The van der Waals surface area contributed by atoms with E-state index in [1.54, 1.807) is 6.92 Å². The molecule has 3 N–H and O–H groups in total. The minimum atomic E-state index is -0.593. The zero-order chi connectivity index (χ0) is 16.2. The number of hydrogen-bond acceptors (Lipinski definition) is 5. The van der Waals surface area contributed by atoms with Crippen LogP contribution in [0.1, 0.15) is 31.7 Å². The lowest BCUT2D eigenvalue weighted by Crippen LogP contribution is -2.32. The van der Waals surface area contributed by atoms with Crippen LogP contribution in [0.25, 0.3) is 0 Å². The highest BCUT2D eigenvalue weighted by Crippen LogP contribution is 2.02. The van der Waals surface area contributed by atoms with E-state index in [1.807, 2.05) is 30.3 Å². The Morgan fingerprint density at radius 1 is 1.18 bits per heavy atom. The number of alkyl carbamates (subject to hydrolysis) is 1. The summed E-state index contributed by atoms with van der Waals surface area (Å²) in [5.41, 5.74) is 6.61. The first-order chi connectivity index (χ1) is 10.6. The van der Waals surface area contributed by atoms with Crippen molar-refractivity contribution < 1.29 is 19.1 Å². The van der Waals surface area contributed by atoms with Crippen LogP contribution in [0.2, 0.25) is 0 Å². The van der Waals surface area contributed by atoms with E-state index in [4.69, 9.17) is 15.2 Å². The van der Waals surface area contributed by atoms with Gasteiger partial charge in [-0.1, -0.05) is 30.3 Å². The van der Waals surface area contributed by atoms with Crippen molar-refractivity contribution in [2.24, 2.45) is 5.73 Å². The topological polar surface area (TPSA) is 90.6 Å². The van der Waals surface area contributed by atoms with Gasteiger partial charge in [0.2, 0.25) is 0 Å². The summed E-state index contributed by atoms with van der Waals surface area (Å²) in [6.07, 6.45) is 1.56. The molecule has 0 aromatic heterocycles. The second kappa shape index (κ2) is 10.6. The smallest absolute Gasteiger partial charge is 0.407 e. The molecule has 0 aliphatic rings. The van der Waals surface area contributed by atoms with Crippen molar-refractivity contribution in [1.29, 1.82) is 0 Å². The van der Waals surface area contributed by atoms with Crippen molar-refractivity contribution in [1.82, 2.24) is 5.32 Å². The summed E-state index contributed by atoms with van der Waals surface area (Å²) in [5, 5.41) is 2.66. The van der Waals surface area contributed by atoms with E-state index in [9.17, 15) is 9.59 Å². The van der Waals surface area contributed by atoms with Crippen LogP contribution in [0.3, 0.4) is 0 Å². The number of rotatable bonds is 9. The molecular weight excluding hydrogens is 284 g/mol. The average Bonchev–Trinajstić information content (AvgIpc) is 2.53. The highest BCUT2D eigenvalue weighted by atomic mass is 16.5. The van der Waals surface area contributed by atoms with Gasteiger partial charge in [-0.3, -0.25) is 4.79 Å². The van der Waals surface area contributed by atoms with Crippen LogP contribution in [0.15, 0.2) is 30.3 Å². The normalized spacial score (nSPS) is 11.5. The van der Waals surface area contributed by atoms with Crippen molar-refractivity contribution in [3.05, 3.63) is 35.9 Å². The van der Waals surface area contributed by atoms with Crippen molar-refractivity contribution >= 4 is 12.1 Å². The van der Waals surface area contributed by atoms with Gasteiger partial charge in [0.15, 0.2) is 0 Å². The third-order valence-electron chi connectivity index (χ3n) is 3.01. The van der Waals surface area contributed by atoms with Crippen molar-refractivity contribution in [2.45, 2.75) is 38.8 Å². The molecule has 22 heavy (non-hydrogen) atoms. The maximum absolute atomic E-state index is 11.5. The Hall–Kier alpha value is -2.08. The van der Waals surface area contributed by atoms with Gasteiger partial charge in [-0.15, -0.1) is 0 Å². The van der Waals surface area contributed by atoms with Crippen LogP contribution in [-0.2, 0) is 20.9 Å². The molecule has 0 bridgehead atoms. The molecule has 1 atom stereocenters. The molecule has 1 unspecified atom stereocenters. The third-order valence-corrected chi connectivity index (χ3v) is 3.01. The third kappa shape index (κ3) is 7.64. The van der Waals surface area contributed by atoms with Gasteiger partial charge in [0, 0.05) is 6.54 Å². The summed E-state index contributed by atoms with van der Waals surface area (Å²) < 4.78 is 9.90. The van der Waals surface area contributed by atoms with Gasteiger partial charge < -0.3 is 20.5 Å². The summed E-state index contributed by atoms with van der Waals surface area (Å²) in [4.78, 5) is 22.8. The second-order valence-corrected chi connectivity index (χ2v) is 4.84. The van der Waals surface area contributed by atoms with Crippen molar-refractivity contribution in [3.8, 4) is 0 Å². The van der Waals surface area contributed by atoms with Crippen molar-refractivity contribution in [3.63, 3.8) is 0 Å². The van der Waals surface area contributed by atoms with Gasteiger partial charge in [0.1, 0.15) is 12.6 Å². The molecule has 122 valence electrons. The number of nitrogens with two attached hydrogens (primary N) is 1. The number of nitrogens with one attached hydrogen (secondary N) is 1. The first-order valence-electron chi connectivity index (χ1n) is 7.50. The van der Waals surface area contributed by atoms with Crippen molar-refractivity contribution in [2.75, 3.05) is 13.2 Å². The van der Waals surface area contributed by atoms with Gasteiger partial charge >= 0.3 is 12.1 Å². The van der Waals surface area contributed by atoms with E-state index < -0.39 is 12.1 Å². The van der Waals surface area contributed by atoms with Crippen LogP contribution >= 0.6 is 0 Å². The van der Waals surface area contributed by atoms with Gasteiger partial charge in [0.25, 0.3) is 0 Å². The van der Waals surface area contributed by atoms with Gasteiger partial charge in [-0.2, -0.15) is 0 Å². The van der Waals surface area contributed by atoms with Crippen LogP contribution in [-0.4, -0.2) is 31.3 Å². The van der Waals surface area contributed by atoms with Gasteiger partial charge in [0.05, 0.1) is 6.61 Å². The Labute approximate surface area is 131 Å². The maximum Gasteiger partial charge on any atom is 0.407 e. The molecule has 1 rings (SSSR count). The number of amides is 1. The van der Waals surface area contributed by atoms with E-state index in [0.29, 0.717) is 19.6 Å². The number of esters is 1. The number of ether oxygens (including phenoxy) is 2. The lowest BCUT2D eigenvalue weighted by atomic mass is 10.1. The van der Waals surface area contributed by atoms with Gasteiger partial charge in [-0.05, 0) is 31.7 Å². The summed E-state index contributed by atoms with van der Waals surface area (Å²) in [5.74, 6) is -0.377. The molecule has 0 saturated carbocycles. The standard InChI is InChI=1S/C16H24N2O4/c1-2-21-15(19)14(17)10-6-7-11-18-16(20)22-12-13-8-4-3-5-9-13/h3-5,8-9,14H,2,6-7,10-12,17H2,1H3,(H,18,20). The first-order valence-corrected chi connectivity index (χ1v) is 7.50. The Bertz CT molecular complexity index is 451. The predicted octanol–water partition coefficient (Wildman–Crippen LogP) is 1.97. The molecule has 0 heterocycles. The van der Waals surface area contributed by atoms with Crippen LogP contribution in [0.5, 0.6) is 0 Å². The number of carbonyl (C=O) groups excluding carboxylic acids is 2. The molecule has 1 aromatic carbocycles. The summed E-state index contributed by atoms with van der Waals surface area (Å²) in [7, 11) is 0. The average molecular weight is 308 g/mol. The van der Waals surface area contributed by atoms with E-state index in [2.05, 4.69) is 5.32 Å². The van der Waals surface area contributed by atoms with Crippen LogP contribution < -0.4 is 11.1 Å². The fourth-order valence-corrected chi connectivity index (χ4v) is 1.82. The fraction of sp³-hybridized carbons (Fsp3) is 0.500. The summed E-state index contributed by atoms with van der Waals surface area (Å²) in [6, 6.07) is 8.89. The van der Waals surface area contributed by atoms with Crippen LogP contribution in [0.4, 0.5) is 4.79 Å². The fourth-order valence-electron chi connectivity index (χ4n) is 1.82. The molecule has 0 aliphatic carbocycles. The number of unbranched alkanes of at least 4 members (excludes halogenated alkanes) is 1. The number of benzene rings is 1. The SMILES string of the molecule is CCOC(=O)C(N)CCCCNC(=O)OCc1ccccc1. The van der Waals surface area contributed by atoms with E-state index in [-0.39, 0.29) is 12.6 Å². The Morgan fingerprint density at radius 2 is 1.91 bits per heavy atom. The van der Waals surface area contributed by atoms with E-state index in [1.165, 1.54) is 0 Å². The molecule has 0 aliphatic heterocycles. The second-order valence-electron chi connectivity index (χ2n) is 4.84. The highest BCUT2D eigenvalue weighted by Gasteiger charge is 2.13. The summed E-state index contributed by atoms with van der Waals surface area (Å²) in [6.45, 7) is 2.82. The Balaban J connectivity index is 2.04. The minimum Gasteiger partial charge on any atom is -0.465 e. The zero-order valence-electron chi connectivity index (χ0n) is 12.9. The molecular formula is C16H24N2O4.